The van der Waals surface area contributed by atoms with Crippen molar-refractivity contribution in [3.8, 4) is 11.1 Å². The molecule has 0 aliphatic carbocycles. The van der Waals surface area contributed by atoms with Crippen molar-refractivity contribution in [2.24, 2.45) is 0 Å². The summed E-state index contributed by atoms with van der Waals surface area (Å²) in [7, 11) is 0. The summed E-state index contributed by atoms with van der Waals surface area (Å²) in [5.41, 5.74) is -11.8. The van der Waals surface area contributed by atoms with E-state index in [1.165, 1.54) is 11.1 Å². The molecule has 6 rings (SSSR count). The van der Waals surface area contributed by atoms with E-state index in [1.807, 2.05) is 12.1 Å². The molecule has 0 aliphatic heterocycles. The molecule has 0 fully saturated rings. The van der Waals surface area contributed by atoms with Crippen LogP contribution in [0.15, 0.2) is 60.7 Å². The normalized spacial score (nSPS) is 11.3. The fraction of sp³-hybridized carbons (Fsp3) is 0. The standard InChI is InChI=1S/C24BF20.C12H10.H2I/c26-5-1(6(27)14(35)21(42)13(5)34)25(2-7(28)15(36)22(43)16(37)8(2)29,3-9(30)17(38)23(44)18(39)10(3)31)4-11(32)19(40)24(45)20(41)12(4)33;1-3-7-11(8-4-1)12-9-5-2-6-10-12;/h;1-10H;1H2/q-1;;+1. The highest BCUT2D eigenvalue weighted by atomic mass is 127. The molecule has 0 amide bonds. The van der Waals surface area contributed by atoms with Gasteiger partial charge in [0.05, 0.1) is 0 Å². The molecule has 0 saturated heterocycles. The van der Waals surface area contributed by atoms with Gasteiger partial charge in [-0.15, -0.1) is 21.9 Å². The molecular weight excluding hydrogens is 950 g/mol. The molecule has 58 heavy (non-hydrogen) atoms. The van der Waals surface area contributed by atoms with Gasteiger partial charge in [0.25, 0.3) is 0 Å². The SMILES string of the molecule is Fc1c(F)c(F)c([B-](c2c(F)c(F)c(F)c(F)c2F)(c2c(F)c(F)c(F)c(F)c2F)c2c(F)c(F)c(F)c(F)c2F)c(F)c1F.[IH2+].c1ccc(-c2ccccc2)cc1. The summed E-state index contributed by atoms with van der Waals surface area (Å²) < 4.78 is 294. The largest absolute Gasteiger partial charge is 0.235 e. The fourth-order valence-corrected chi connectivity index (χ4v) is 6.14. The van der Waals surface area contributed by atoms with Crippen LogP contribution in [-0.2, 0) is 0 Å². The summed E-state index contributed by atoms with van der Waals surface area (Å²) in [4.78, 5) is 0. The van der Waals surface area contributed by atoms with Crippen LogP contribution in [0.25, 0.3) is 11.1 Å². The molecule has 306 valence electrons. The Bertz CT molecular complexity index is 2150. The van der Waals surface area contributed by atoms with Gasteiger partial charge in [0.1, 0.15) is 52.7 Å². The second kappa shape index (κ2) is 16.9. The Kier molecular flexibility index (Phi) is 13.2. The van der Waals surface area contributed by atoms with Gasteiger partial charge >= 0.3 is 0 Å². The second-order valence-corrected chi connectivity index (χ2v) is 11.5. The second-order valence-electron chi connectivity index (χ2n) is 11.5. The van der Waals surface area contributed by atoms with Crippen molar-refractivity contribution in [1.29, 1.82) is 0 Å². The van der Waals surface area contributed by atoms with Gasteiger partial charge < -0.3 is 0 Å². The van der Waals surface area contributed by atoms with E-state index in [1.54, 1.807) is 0 Å². The third-order valence-electron chi connectivity index (χ3n) is 8.59. The van der Waals surface area contributed by atoms with Crippen molar-refractivity contribution < 1.29 is 112 Å². The lowest BCUT2D eigenvalue weighted by Crippen LogP contribution is -3.00. The van der Waals surface area contributed by atoms with E-state index in [2.05, 4.69) is 48.5 Å². The van der Waals surface area contributed by atoms with E-state index >= 15 is 35.1 Å². The molecule has 0 radical (unpaired) electrons. The Morgan fingerprint density at radius 2 is 0.345 bits per heavy atom. The average molecular weight is 962 g/mol. The lowest BCUT2D eigenvalue weighted by Gasteiger charge is -2.44. The topological polar surface area (TPSA) is 0 Å². The first kappa shape index (κ1) is 45.4. The zero-order valence-electron chi connectivity index (χ0n) is 27.4. The van der Waals surface area contributed by atoms with E-state index in [0.29, 0.717) is 0 Å². The van der Waals surface area contributed by atoms with Crippen molar-refractivity contribution in [1.82, 2.24) is 0 Å². The van der Waals surface area contributed by atoms with Crippen molar-refractivity contribution in [2.45, 2.75) is 0 Å². The lowest BCUT2D eigenvalue weighted by molar-refractivity contribution is -0.0000211. The summed E-state index contributed by atoms with van der Waals surface area (Å²) >= 11 is 0. The lowest BCUT2D eigenvalue weighted by atomic mass is 9.12. The van der Waals surface area contributed by atoms with Crippen molar-refractivity contribution in [2.75, 3.05) is 0 Å². The Balaban J connectivity index is 0.000000485. The van der Waals surface area contributed by atoms with E-state index in [-0.39, 0.29) is 24.0 Å². The molecule has 0 saturated carbocycles. The first-order chi connectivity index (χ1) is 26.7. The van der Waals surface area contributed by atoms with Gasteiger partial charge in [0.15, 0.2) is 69.8 Å². The van der Waals surface area contributed by atoms with Crippen LogP contribution in [-0.4, -0.2) is 6.15 Å². The minimum absolute atomic E-state index is 0. The molecule has 0 aliphatic rings. The van der Waals surface area contributed by atoms with E-state index in [4.69, 9.17) is 0 Å². The Morgan fingerprint density at radius 1 is 0.207 bits per heavy atom. The molecule has 0 unspecified atom stereocenters. The van der Waals surface area contributed by atoms with Crippen molar-refractivity contribution in [3.63, 3.8) is 0 Å². The molecule has 0 bridgehead atoms. The minimum Gasteiger partial charge on any atom is -0.207 e. The van der Waals surface area contributed by atoms with E-state index in [0.717, 1.165) is 0 Å². The molecule has 6 aromatic rings. The number of halogens is 21. The number of hydrogen-bond donors (Lipinski definition) is 0. The quantitative estimate of drug-likeness (QED) is 0.0689. The predicted molar refractivity (Wildman–Crippen MR) is 164 cm³/mol. The molecule has 0 N–H and O–H groups in total. The van der Waals surface area contributed by atoms with Crippen LogP contribution in [0.4, 0.5) is 87.8 Å². The highest BCUT2D eigenvalue weighted by molar-refractivity contribution is 7.20. The maximum atomic E-state index is 15.4. The van der Waals surface area contributed by atoms with Crippen LogP contribution in [0.3, 0.4) is 0 Å². The van der Waals surface area contributed by atoms with Gasteiger partial charge in [-0.05, 0) is 11.1 Å². The van der Waals surface area contributed by atoms with Crippen LogP contribution < -0.4 is 45.8 Å². The Hall–Kier alpha value is -5.29. The molecular formula is C36H12BF20I. The van der Waals surface area contributed by atoms with Gasteiger partial charge in [0, 0.05) is 0 Å². The van der Waals surface area contributed by atoms with E-state index in [9.17, 15) is 52.7 Å². The zero-order chi connectivity index (χ0) is 42.6. The number of benzene rings is 6. The van der Waals surface area contributed by atoms with Crippen molar-refractivity contribution >= 4 is 28.0 Å². The summed E-state index contributed by atoms with van der Waals surface area (Å²) in [6, 6.07) is 20.8. The average Bonchev–Trinajstić information content (AvgIpc) is 3.21. The summed E-state index contributed by atoms with van der Waals surface area (Å²) in [6.07, 6.45) is -7.22. The van der Waals surface area contributed by atoms with Gasteiger partial charge in [-0.2, -0.15) is 0 Å². The molecule has 0 atom stereocenters. The van der Waals surface area contributed by atoms with Crippen LogP contribution >= 0.6 is 0 Å². The third-order valence-corrected chi connectivity index (χ3v) is 8.59. The highest BCUT2D eigenvalue weighted by Crippen LogP contribution is 2.31. The molecule has 22 heteroatoms. The molecule has 0 heterocycles. The minimum atomic E-state index is -7.22. The number of hydrogen-bond acceptors (Lipinski definition) is 0. The Labute approximate surface area is 327 Å². The van der Waals surface area contributed by atoms with Crippen LogP contribution in [0.5, 0.6) is 0 Å². The highest BCUT2D eigenvalue weighted by Gasteiger charge is 2.52. The summed E-state index contributed by atoms with van der Waals surface area (Å²) in [5, 5.41) is 0. The summed E-state index contributed by atoms with van der Waals surface area (Å²) in [6.45, 7) is 0. The van der Waals surface area contributed by atoms with Crippen LogP contribution in [0.1, 0.15) is 0 Å². The molecule has 0 spiro atoms. The fourth-order valence-electron chi connectivity index (χ4n) is 6.14. The van der Waals surface area contributed by atoms with Crippen molar-refractivity contribution in [3.05, 3.63) is 177 Å². The van der Waals surface area contributed by atoms with Gasteiger partial charge in [-0.1, -0.05) is 60.7 Å². The first-order valence-corrected chi connectivity index (χ1v) is 15.0. The van der Waals surface area contributed by atoms with Crippen LogP contribution in [0.2, 0.25) is 0 Å². The smallest absolute Gasteiger partial charge is 0.207 e. The van der Waals surface area contributed by atoms with Crippen LogP contribution in [0, 0.1) is 116 Å². The molecule has 6 aromatic carbocycles. The summed E-state index contributed by atoms with van der Waals surface area (Å²) in [5.74, 6) is -71.4. The predicted octanol–water partition coefficient (Wildman–Crippen LogP) is 5.67. The third kappa shape index (κ3) is 6.91. The molecule has 0 aromatic heterocycles. The monoisotopic (exact) mass is 962 g/mol. The zero-order valence-corrected chi connectivity index (χ0v) is 29.9. The Morgan fingerprint density at radius 3 is 0.500 bits per heavy atom. The molecule has 0 nitrogen and oxygen atoms in total. The van der Waals surface area contributed by atoms with Gasteiger partial charge in [-0.3, -0.25) is 0 Å². The first-order valence-electron chi connectivity index (χ1n) is 15.0. The maximum Gasteiger partial charge on any atom is 0.235 e. The number of rotatable bonds is 5. The van der Waals surface area contributed by atoms with Gasteiger partial charge in [0.2, 0.25) is 24.0 Å². The maximum absolute atomic E-state index is 15.4. The van der Waals surface area contributed by atoms with E-state index < -0.39 is 144 Å². The van der Waals surface area contributed by atoms with Gasteiger partial charge in [-0.25, -0.2) is 87.8 Å².